The molecule has 3 rings (SSSR count). The van der Waals surface area contributed by atoms with E-state index in [1.807, 2.05) is 13.0 Å². The molecule has 5 nitrogen and oxygen atoms in total. The summed E-state index contributed by atoms with van der Waals surface area (Å²) in [5.74, 6) is 1.97. The summed E-state index contributed by atoms with van der Waals surface area (Å²) >= 11 is 0. The van der Waals surface area contributed by atoms with Crippen LogP contribution in [0.3, 0.4) is 0 Å². The summed E-state index contributed by atoms with van der Waals surface area (Å²) in [6.45, 7) is 7.22. The maximum atomic E-state index is 4.37. The van der Waals surface area contributed by atoms with E-state index in [0.717, 1.165) is 50.1 Å². The molecule has 0 saturated carbocycles. The van der Waals surface area contributed by atoms with Crippen molar-refractivity contribution in [3.8, 4) is 5.69 Å². The van der Waals surface area contributed by atoms with Gasteiger partial charge in [-0.15, -0.1) is 10.2 Å². The summed E-state index contributed by atoms with van der Waals surface area (Å²) in [7, 11) is 0. The van der Waals surface area contributed by atoms with Gasteiger partial charge in [-0.3, -0.25) is 9.47 Å². The molecular weight excluding hydrogens is 250 g/mol. The topological polar surface area (TPSA) is 46.0 Å². The zero-order valence-electron chi connectivity index (χ0n) is 11.9. The quantitative estimate of drug-likeness (QED) is 0.916. The largest absolute Gasteiger partial charge is 0.315 e. The van der Waals surface area contributed by atoms with Gasteiger partial charge in [-0.1, -0.05) is 18.2 Å². The zero-order valence-corrected chi connectivity index (χ0v) is 11.9. The van der Waals surface area contributed by atoms with Crippen LogP contribution in [0.2, 0.25) is 0 Å². The first-order valence-electron chi connectivity index (χ1n) is 7.24. The van der Waals surface area contributed by atoms with Gasteiger partial charge in [-0.2, -0.15) is 0 Å². The lowest BCUT2D eigenvalue weighted by Gasteiger charge is -2.19. The van der Waals surface area contributed by atoms with E-state index >= 15 is 0 Å². The molecule has 2 aromatic rings. The van der Waals surface area contributed by atoms with Crippen LogP contribution in [0.15, 0.2) is 30.3 Å². The molecule has 0 radical (unpaired) electrons. The van der Waals surface area contributed by atoms with Crippen LogP contribution in [0.4, 0.5) is 0 Å². The van der Waals surface area contributed by atoms with Crippen LogP contribution < -0.4 is 5.32 Å². The van der Waals surface area contributed by atoms with E-state index in [-0.39, 0.29) is 0 Å². The van der Waals surface area contributed by atoms with Crippen LogP contribution >= 0.6 is 0 Å². The summed E-state index contributed by atoms with van der Waals surface area (Å²) in [6.07, 6.45) is 1.19. The van der Waals surface area contributed by atoms with Gasteiger partial charge in [0.2, 0.25) is 0 Å². The smallest absolute Gasteiger partial charge is 0.151 e. The number of nitrogens with one attached hydrogen (secondary N) is 1. The van der Waals surface area contributed by atoms with Crippen LogP contribution in [-0.2, 0) is 6.54 Å². The van der Waals surface area contributed by atoms with Crippen molar-refractivity contribution >= 4 is 0 Å². The van der Waals surface area contributed by atoms with Crippen LogP contribution in [0, 0.1) is 6.92 Å². The second kappa shape index (κ2) is 6.15. The van der Waals surface area contributed by atoms with Crippen molar-refractivity contribution in [2.75, 3.05) is 26.2 Å². The van der Waals surface area contributed by atoms with E-state index in [9.17, 15) is 0 Å². The molecule has 0 amide bonds. The number of hydrogen-bond donors (Lipinski definition) is 1. The predicted molar refractivity (Wildman–Crippen MR) is 78.9 cm³/mol. The fourth-order valence-corrected chi connectivity index (χ4v) is 2.68. The second-order valence-corrected chi connectivity index (χ2v) is 5.21. The highest BCUT2D eigenvalue weighted by atomic mass is 15.3. The van der Waals surface area contributed by atoms with Gasteiger partial charge < -0.3 is 5.32 Å². The van der Waals surface area contributed by atoms with Crippen molar-refractivity contribution in [1.82, 2.24) is 25.0 Å². The van der Waals surface area contributed by atoms with Gasteiger partial charge >= 0.3 is 0 Å². The minimum atomic E-state index is 0.859. The summed E-state index contributed by atoms with van der Waals surface area (Å²) in [6, 6.07) is 10.3. The molecular formula is C15H21N5. The number of rotatable bonds is 3. The highest BCUT2D eigenvalue weighted by Crippen LogP contribution is 2.14. The first-order chi connectivity index (χ1) is 9.84. The predicted octanol–water partition coefficient (Wildman–Crippen LogP) is 1.37. The van der Waals surface area contributed by atoms with Crippen molar-refractivity contribution in [1.29, 1.82) is 0 Å². The van der Waals surface area contributed by atoms with Gasteiger partial charge in [0.25, 0.3) is 0 Å². The Morgan fingerprint density at radius 3 is 2.80 bits per heavy atom. The van der Waals surface area contributed by atoms with Crippen molar-refractivity contribution < 1.29 is 0 Å². The number of nitrogens with zero attached hydrogens (tertiary/aromatic N) is 4. The molecule has 2 heterocycles. The van der Waals surface area contributed by atoms with Gasteiger partial charge in [-0.05, 0) is 38.6 Å². The maximum Gasteiger partial charge on any atom is 0.151 e. The molecule has 1 N–H and O–H groups in total. The number of aromatic nitrogens is 3. The fourth-order valence-electron chi connectivity index (χ4n) is 2.68. The molecule has 20 heavy (non-hydrogen) atoms. The van der Waals surface area contributed by atoms with Crippen LogP contribution in [0.5, 0.6) is 0 Å². The third-order valence-corrected chi connectivity index (χ3v) is 3.70. The number of hydrogen-bond acceptors (Lipinski definition) is 4. The average Bonchev–Trinajstić information content (AvgIpc) is 2.67. The van der Waals surface area contributed by atoms with E-state index in [1.54, 1.807) is 0 Å². The third kappa shape index (κ3) is 2.89. The molecule has 0 atom stereocenters. The fraction of sp³-hybridized carbons (Fsp3) is 0.467. The van der Waals surface area contributed by atoms with Crippen molar-refractivity contribution in [2.24, 2.45) is 0 Å². The standard InChI is InChI=1S/C15H21N5/c1-13-17-18-15(12-19-10-5-8-16-9-11-19)20(13)14-6-3-2-4-7-14/h2-4,6-7,16H,5,8-12H2,1H3. The first-order valence-corrected chi connectivity index (χ1v) is 7.24. The molecule has 1 aromatic heterocycles. The summed E-state index contributed by atoms with van der Waals surface area (Å²) < 4.78 is 2.15. The van der Waals surface area contributed by atoms with E-state index in [0.29, 0.717) is 0 Å². The van der Waals surface area contributed by atoms with E-state index in [4.69, 9.17) is 0 Å². The third-order valence-electron chi connectivity index (χ3n) is 3.70. The summed E-state index contributed by atoms with van der Waals surface area (Å²) in [4.78, 5) is 2.45. The van der Waals surface area contributed by atoms with E-state index in [2.05, 4.69) is 49.2 Å². The Hall–Kier alpha value is -1.72. The Kier molecular flexibility index (Phi) is 4.08. The summed E-state index contributed by atoms with van der Waals surface area (Å²) in [5, 5.41) is 12.1. The van der Waals surface area contributed by atoms with Gasteiger partial charge in [-0.25, -0.2) is 0 Å². The van der Waals surface area contributed by atoms with Crippen molar-refractivity contribution in [3.63, 3.8) is 0 Å². The average molecular weight is 271 g/mol. The Labute approximate surface area is 119 Å². The lowest BCUT2D eigenvalue weighted by molar-refractivity contribution is 0.275. The van der Waals surface area contributed by atoms with Crippen molar-refractivity contribution in [3.05, 3.63) is 42.0 Å². The minimum absolute atomic E-state index is 0.859. The van der Waals surface area contributed by atoms with Crippen LogP contribution in [-0.4, -0.2) is 45.8 Å². The summed E-state index contributed by atoms with van der Waals surface area (Å²) in [5.41, 5.74) is 1.14. The van der Waals surface area contributed by atoms with E-state index < -0.39 is 0 Å². The monoisotopic (exact) mass is 271 g/mol. The lowest BCUT2D eigenvalue weighted by Crippen LogP contribution is -2.29. The molecule has 1 aliphatic heterocycles. The van der Waals surface area contributed by atoms with Crippen LogP contribution in [0.1, 0.15) is 18.1 Å². The normalized spacial score (nSPS) is 17.1. The molecule has 106 valence electrons. The zero-order chi connectivity index (χ0) is 13.8. The van der Waals surface area contributed by atoms with Gasteiger partial charge in [0, 0.05) is 18.8 Å². The maximum absolute atomic E-state index is 4.37. The molecule has 5 heteroatoms. The van der Waals surface area contributed by atoms with Gasteiger partial charge in [0.1, 0.15) is 5.82 Å². The SMILES string of the molecule is Cc1nnc(CN2CCCNCC2)n1-c1ccccc1. The second-order valence-electron chi connectivity index (χ2n) is 5.21. The molecule has 1 fully saturated rings. The van der Waals surface area contributed by atoms with Crippen molar-refractivity contribution in [2.45, 2.75) is 19.9 Å². The highest BCUT2D eigenvalue weighted by Gasteiger charge is 2.15. The van der Waals surface area contributed by atoms with E-state index in [1.165, 1.54) is 6.42 Å². The Morgan fingerprint density at radius 1 is 1.10 bits per heavy atom. The minimum Gasteiger partial charge on any atom is -0.315 e. The number of aryl methyl sites for hydroxylation is 1. The van der Waals surface area contributed by atoms with Crippen LogP contribution in [0.25, 0.3) is 5.69 Å². The molecule has 1 aromatic carbocycles. The number of benzene rings is 1. The Bertz CT molecular complexity index is 541. The Balaban J connectivity index is 1.83. The highest BCUT2D eigenvalue weighted by molar-refractivity contribution is 5.33. The molecule has 0 aliphatic carbocycles. The molecule has 0 unspecified atom stereocenters. The van der Waals surface area contributed by atoms with Gasteiger partial charge in [0.05, 0.1) is 6.54 Å². The first kappa shape index (κ1) is 13.3. The Morgan fingerprint density at radius 2 is 1.95 bits per heavy atom. The molecule has 0 bridgehead atoms. The molecule has 1 aliphatic rings. The molecule has 1 saturated heterocycles. The number of para-hydroxylation sites is 1. The van der Waals surface area contributed by atoms with Gasteiger partial charge in [0.15, 0.2) is 5.82 Å². The molecule has 0 spiro atoms. The lowest BCUT2D eigenvalue weighted by atomic mass is 10.3.